The lowest BCUT2D eigenvalue weighted by Crippen LogP contribution is -2.49. The molecule has 0 bridgehead atoms. The normalized spacial score (nSPS) is 19.4. The average molecular weight is 296 g/mol. The maximum absolute atomic E-state index is 13.9. The van der Waals surface area contributed by atoms with Crippen LogP contribution in [0.2, 0.25) is 5.02 Å². The molecule has 5 nitrogen and oxygen atoms in total. The van der Waals surface area contributed by atoms with E-state index in [1.54, 1.807) is 12.1 Å². The zero-order valence-electron chi connectivity index (χ0n) is 11.0. The molecule has 0 aliphatic carbocycles. The molecule has 0 saturated carbocycles. The lowest BCUT2D eigenvalue weighted by atomic mass is 10.2. The predicted molar refractivity (Wildman–Crippen MR) is 76.5 cm³/mol. The number of nitrogens with zero attached hydrogens (tertiary/aromatic N) is 3. The van der Waals surface area contributed by atoms with Crippen molar-refractivity contribution >= 4 is 17.5 Å². The Morgan fingerprint density at radius 2 is 2.30 bits per heavy atom. The standard InChI is InChI=1S/C13H15ClFN5/c1-8-7-20(5-4-16-8)13-17-12(18-19-13)10-3-2-9(14)6-11(10)15/h2-3,6,8,16H,4-5,7H2,1H3,(H,17,18,19)/t8-/m0/s1. The predicted octanol–water partition coefficient (Wildman–Crippen LogP) is 2.06. The molecular formula is C13H15ClFN5. The molecule has 1 aromatic carbocycles. The van der Waals surface area contributed by atoms with E-state index in [0.717, 1.165) is 19.6 Å². The number of H-pyrrole nitrogens is 1. The molecular weight excluding hydrogens is 281 g/mol. The molecule has 1 aromatic heterocycles. The Kier molecular flexibility index (Phi) is 3.58. The minimum absolute atomic E-state index is 0.363. The first-order chi connectivity index (χ1) is 9.63. The highest BCUT2D eigenvalue weighted by Gasteiger charge is 2.20. The van der Waals surface area contributed by atoms with Crippen molar-refractivity contribution in [3.05, 3.63) is 29.0 Å². The maximum Gasteiger partial charge on any atom is 0.245 e. The van der Waals surface area contributed by atoms with Gasteiger partial charge < -0.3 is 10.2 Å². The molecule has 3 rings (SSSR count). The van der Waals surface area contributed by atoms with E-state index in [0.29, 0.717) is 28.4 Å². The third-order valence-electron chi connectivity index (χ3n) is 3.31. The quantitative estimate of drug-likeness (QED) is 0.890. The number of anilines is 1. The monoisotopic (exact) mass is 295 g/mol. The van der Waals surface area contributed by atoms with E-state index in [1.165, 1.54) is 6.07 Å². The van der Waals surface area contributed by atoms with Crippen LogP contribution < -0.4 is 10.2 Å². The van der Waals surface area contributed by atoms with Crippen LogP contribution in [0.1, 0.15) is 6.92 Å². The smallest absolute Gasteiger partial charge is 0.245 e. The number of nitrogens with one attached hydrogen (secondary N) is 2. The van der Waals surface area contributed by atoms with Gasteiger partial charge >= 0.3 is 0 Å². The van der Waals surface area contributed by atoms with Gasteiger partial charge in [-0.3, -0.25) is 5.10 Å². The summed E-state index contributed by atoms with van der Waals surface area (Å²) in [5.74, 6) is 0.608. The van der Waals surface area contributed by atoms with E-state index in [1.807, 2.05) is 0 Å². The van der Waals surface area contributed by atoms with Crippen LogP contribution in [0.15, 0.2) is 18.2 Å². The van der Waals surface area contributed by atoms with Crippen molar-refractivity contribution in [2.24, 2.45) is 0 Å². The zero-order chi connectivity index (χ0) is 14.1. The Hall–Kier alpha value is -1.66. The van der Waals surface area contributed by atoms with E-state index in [9.17, 15) is 4.39 Å². The average Bonchev–Trinajstić information content (AvgIpc) is 2.88. The number of hydrogen-bond donors (Lipinski definition) is 2. The topological polar surface area (TPSA) is 56.8 Å². The highest BCUT2D eigenvalue weighted by atomic mass is 35.5. The molecule has 7 heteroatoms. The molecule has 0 spiro atoms. The van der Waals surface area contributed by atoms with Crippen LogP contribution >= 0.6 is 11.6 Å². The summed E-state index contributed by atoms with van der Waals surface area (Å²) >= 11 is 5.75. The third-order valence-corrected chi connectivity index (χ3v) is 3.55. The minimum Gasteiger partial charge on any atom is -0.337 e. The first-order valence-corrected chi connectivity index (χ1v) is 6.87. The second kappa shape index (κ2) is 5.38. The summed E-state index contributed by atoms with van der Waals surface area (Å²) in [6.45, 7) is 4.67. The number of aromatic nitrogens is 3. The summed E-state index contributed by atoms with van der Waals surface area (Å²) in [5, 5.41) is 10.7. The van der Waals surface area contributed by atoms with Gasteiger partial charge in [-0.1, -0.05) is 11.6 Å². The molecule has 0 unspecified atom stereocenters. The number of rotatable bonds is 2. The summed E-state index contributed by atoms with van der Waals surface area (Å²) in [4.78, 5) is 6.46. The van der Waals surface area contributed by atoms with Gasteiger partial charge in [0.25, 0.3) is 0 Å². The number of halogens is 2. The summed E-state index contributed by atoms with van der Waals surface area (Å²) in [5.41, 5.74) is 0.372. The largest absolute Gasteiger partial charge is 0.337 e. The van der Waals surface area contributed by atoms with E-state index in [-0.39, 0.29) is 0 Å². The molecule has 1 aliphatic rings. The van der Waals surface area contributed by atoms with Crippen LogP contribution in [0.4, 0.5) is 10.3 Å². The Labute approximate surface area is 121 Å². The summed E-state index contributed by atoms with van der Waals surface area (Å²) in [7, 11) is 0. The van der Waals surface area contributed by atoms with Crippen molar-refractivity contribution in [2.45, 2.75) is 13.0 Å². The van der Waals surface area contributed by atoms with Gasteiger partial charge in [-0.2, -0.15) is 4.98 Å². The second-order valence-corrected chi connectivity index (χ2v) is 5.35. The number of aromatic amines is 1. The van der Waals surface area contributed by atoms with Crippen molar-refractivity contribution in [3.8, 4) is 11.4 Å². The molecule has 1 atom stereocenters. The van der Waals surface area contributed by atoms with Gasteiger partial charge in [-0.15, -0.1) is 5.10 Å². The number of piperazine rings is 1. The molecule has 0 radical (unpaired) electrons. The van der Waals surface area contributed by atoms with Crippen LogP contribution in [0.3, 0.4) is 0 Å². The Morgan fingerprint density at radius 3 is 3.05 bits per heavy atom. The van der Waals surface area contributed by atoms with Gasteiger partial charge in [0.1, 0.15) is 5.82 Å². The Balaban J connectivity index is 1.86. The molecule has 2 heterocycles. The molecule has 2 aromatic rings. The van der Waals surface area contributed by atoms with Crippen LogP contribution in [0, 0.1) is 5.82 Å². The zero-order valence-corrected chi connectivity index (χ0v) is 11.8. The fraction of sp³-hybridized carbons (Fsp3) is 0.385. The third kappa shape index (κ3) is 2.62. The van der Waals surface area contributed by atoms with Gasteiger partial charge in [0.15, 0.2) is 5.82 Å². The highest BCUT2D eigenvalue weighted by Crippen LogP contribution is 2.24. The molecule has 106 valence electrons. The molecule has 1 aliphatic heterocycles. The SMILES string of the molecule is C[C@H]1CN(c2n[nH]c(-c3ccc(Cl)cc3F)n2)CCN1. The maximum atomic E-state index is 13.9. The molecule has 1 saturated heterocycles. The number of benzene rings is 1. The van der Waals surface area contributed by atoms with Crippen molar-refractivity contribution in [2.75, 3.05) is 24.5 Å². The van der Waals surface area contributed by atoms with Crippen LogP contribution in [0.5, 0.6) is 0 Å². The van der Waals surface area contributed by atoms with Crippen LogP contribution in [-0.4, -0.2) is 40.9 Å². The van der Waals surface area contributed by atoms with Gasteiger partial charge in [0, 0.05) is 30.7 Å². The van der Waals surface area contributed by atoms with Gasteiger partial charge in [-0.25, -0.2) is 4.39 Å². The van der Waals surface area contributed by atoms with Gasteiger partial charge in [0.2, 0.25) is 5.95 Å². The molecule has 0 amide bonds. The van der Waals surface area contributed by atoms with Crippen molar-refractivity contribution in [1.29, 1.82) is 0 Å². The summed E-state index contributed by atoms with van der Waals surface area (Å²) in [6, 6.07) is 4.89. The fourth-order valence-corrected chi connectivity index (χ4v) is 2.47. The van der Waals surface area contributed by atoms with Crippen molar-refractivity contribution in [3.63, 3.8) is 0 Å². The van der Waals surface area contributed by atoms with E-state index in [2.05, 4.69) is 32.3 Å². The molecule has 20 heavy (non-hydrogen) atoms. The fourth-order valence-electron chi connectivity index (χ4n) is 2.31. The van der Waals surface area contributed by atoms with Crippen LogP contribution in [0.25, 0.3) is 11.4 Å². The van der Waals surface area contributed by atoms with E-state index < -0.39 is 5.82 Å². The molecule has 2 N–H and O–H groups in total. The summed E-state index contributed by atoms with van der Waals surface area (Å²) < 4.78 is 13.9. The van der Waals surface area contributed by atoms with E-state index >= 15 is 0 Å². The highest BCUT2D eigenvalue weighted by molar-refractivity contribution is 6.30. The molecule has 1 fully saturated rings. The lowest BCUT2D eigenvalue weighted by molar-refractivity contribution is 0.480. The van der Waals surface area contributed by atoms with Gasteiger partial charge in [0.05, 0.1) is 5.56 Å². The van der Waals surface area contributed by atoms with Gasteiger partial charge in [-0.05, 0) is 25.1 Å². The van der Waals surface area contributed by atoms with Crippen LogP contribution in [-0.2, 0) is 0 Å². The lowest BCUT2D eigenvalue weighted by Gasteiger charge is -2.30. The summed E-state index contributed by atoms with van der Waals surface area (Å²) in [6.07, 6.45) is 0. The first-order valence-electron chi connectivity index (χ1n) is 6.49. The number of hydrogen-bond acceptors (Lipinski definition) is 4. The minimum atomic E-state index is -0.408. The van der Waals surface area contributed by atoms with Crippen molar-refractivity contribution < 1.29 is 4.39 Å². The Bertz CT molecular complexity index is 615. The Morgan fingerprint density at radius 1 is 1.45 bits per heavy atom. The second-order valence-electron chi connectivity index (χ2n) is 4.91. The van der Waals surface area contributed by atoms with Crippen molar-refractivity contribution in [1.82, 2.24) is 20.5 Å². The first kappa shape index (κ1) is 13.3. The van der Waals surface area contributed by atoms with E-state index in [4.69, 9.17) is 11.6 Å².